The van der Waals surface area contributed by atoms with Crippen LogP contribution in [0.15, 0.2) is 17.2 Å². The van der Waals surface area contributed by atoms with Crippen LogP contribution in [0.1, 0.15) is 0 Å². The van der Waals surface area contributed by atoms with E-state index in [1.54, 1.807) is 0 Å². The van der Waals surface area contributed by atoms with Gasteiger partial charge in [0.1, 0.15) is 0 Å². The summed E-state index contributed by atoms with van der Waals surface area (Å²) in [4.78, 5) is 13.9. The molecule has 0 aliphatic rings. The average Bonchev–Trinajstić information content (AvgIpc) is 2.27. The van der Waals surface area contributed by atoms with Crippen LogP contribution in [0.3, 0.4) is 0 Å². The van der Waals surface area contributed by atoms with E-state index in [2.05, 4.69) is 10.3 Å². The van der Waals surface area contributed by atoms with Gasteiger partial charge in [-0.2, -0.15) is 0 Å². The van der Waals surface area contributed by atoms with E-state index in [-0.39, 0.29) is 23.1 Å². The molecule has 0 saturated carbocycles. The normalized spacial score (nSPS) is 11.2. The molecule has 9 heteroatoms. The first-order chi connectivity index (χ1) is 8.36. The molecular formula is C9H13N3O5S. The molecule has 0 spiro atoms. The zero-order chi connectivity index (χ0) is 13.8. The van der Waals surface area contributed by atoms with E-state index >= 15 is 0 Å². The maximum absolute atomic E-state index is 11.3. The third-order valence-electron chi connectivity index (χ3n) is 2.02. The van der Waals surface area contributed by atoms with Crippen LogP contribution in [0.4, 0.5) is 11.5 Å². The molecule has 8 nitrogen and oxygen atoms in total. The van der Waals surface area contributed by atoms with Crippen LogP contribution in [0.5, 0.6) is 0 Å². The van der Waals surface area contributed by atoms with E-state index in [1.165, 1.54) is 7.11 Å². The van der Waals surface area contributed by atoms with Crippen molar-refractivity contribution in [1.82, 2.24) is 4.98 Å². The highest BCUT2D eigenvalue weighted by molar-refractivity contribution is 7.90. The van der Waals surface area contributed by atoms with Crippen LogP contribution in [-0.2, 0) is 14.6 Å². The third kappa shape index (κ3) is 3.64. The number of nitrogens with one attached hydrogen (secondary N) is 1. The van der Waals surface area contributed by atoms with Gasteiger partial charge in [0, 0.05) is 26.0 Å². The largest absolute Gasteiger partial charge is 0.383 e. The summed E-state index contributed by atoms with van der Waals surface area (Å²) in [5.74, 6) is -0.0834. The molecular weight excluding hydrogens is 262 g/mol. The van der Waals surface area contributed by atoms with Crippen molar-refractivity contribution < 1.29 is 18.1 Å². The zero-order valence-electron chi connectivity index (χ0n) is 9.91. The minimum atomic E-state index is -3.50. The quantitative estimate of drug-likeness (QED) is 0.455. The summed E-state index contributed by atoms with van der Waals surface area (Å²) in [6.07, 6.45) is 0.986. The smallest absolute Gasteiger partial charge is 0.311 e. The van der Waals surface area contributed by atoms with Crippen molar-refractivity contribution in [1.29, 1.82) is 0 Å². The number of nitro groups is 1. The van der Waals surface area contributed by atoms with Crippen molar-refractivity contribution in [3.8, 4) is 0 Å². The fourth-order valence-electron chi connectivity index (χ4n) is 1.19. The Balaban J connectivity index is 3.12. The molecule has 100 valence electrons. The minimum Gasteiger partial charge on any atom is -0.383 e. The number of methoxy groups -OCH3 is 1. The van der Waals surface area contributed by atoms with Crippen LogP contribution in [0.25, 0.3) is 0 Å². The number of pyridine rings is 1. The molecule has 0 atom stereocenters. The molecule has 0 saturated heterocycles. The van der Waals surface area contributed by atoms with E-state index in [0.717, 1.165) is 18.4 Å². The van der Waals surface area contributed by atoms with Crippen molar-refractivity contribution in [2.24, 2.45) is 0 Å². The number of anilines is 1. The lowest BCUT2D eigenvalue weighted by Gasteiger charge is -2.06. The standard InChI is InChI=1S/C9H13N3O5S/c1-17-6-5-10-9-7(12(13)14)3-4-8(11-9)18(2,15)16/h3-4H,5-6H2,1-2H3,(H,10,11). The summed E-state index contributed by atoms with van der Waals surface area (Å²) in [5, 5.41) is 13.2. The van der Waals surface area contributed by atoms with E-state index in [4.69, 9.17) is 4.74 Å². The fraction of sp³-hybridized carbons (Fsp3) is 0.444. The van der Waals surface area contributed by atoms with Crippen LogP contribution >= 0.6 is 0 Å². The monoisotopic (exact) mass is 275 g/mol. The number of aromatic nitrogens is 1. The maximum atomic E-state index is 11.3. The second-order valence-corrected chi connectivity index (χ2v) is 5.43. The predicted octanol–water partition coefficient (Wildman–Crippen LogP) is 0.452. The Bertz CT molecular complexity index is 543. The van der Waals surface area contributed by atoms with Gasteiger partial charge < -0.3 is 10.1 Å². The molecule has 0 fully saturated rings. The highest BCUT2D eigenvalue weighted by Crippen LogP contribution is 2.23. The van der Waals surface area contributed by atoms with Gasteiger partial charge in [-0.05, 0) is 6.07 Å². The fourth-order valence-corrected chi connectivity index (χ4v) is 1.76. The van der Waals surface area contributed by atoms with Crippen molar-refractivity contribution in [3.05, 3.63) is 22.2 Å². The molecule has 0 aliphatic carbocycles. The molecule has 0 bridgehead atoms. The summed E-state index contributed by atoms with van der Waals surface area (Å²) in [6.45, 7) is 0.611. The van der Waals surface area contributed by atoms with Crippen molar-refractivity contribution in [2.45, 2.75) is 5.03 Å². The Morgan fingerprint density at radius 1 is 1.50 bits per heavy atom. The molecule has 1 aromatic rings. The Hall–Kier alpha value is -1.74. The highest BCUT2D eigenvalue weighted by Gasteiger charge is 2.19. The lowest BCUT2D eigenvalue weighted by Crippen LogP contribution is -2.12. The van der Waals surface area contributed by atoms with E-state index in [1.807, 2.05) is 0 Å². The Morgan fingerprint density at radius 2 is 2.17 bits per heavy atom. The molecule has 18 heavy (non-hydrogen) atoms. The van der Waals surface area contributed by atoms with Gasteiger partial charge in [0.05, 0.1) is 11.5 Å². The van der Waals surface area contributed by atoms with Gasteiger partial charge in [0.15, 0.2) is 14.9 Å². The molecule has 1 rings (SSSR count). The van der Waals surface area contributed by atoms with Gasteiger partial charge in [-0.1, -0.05) is 0 Å². The summed E-state index contributed by atoms with van der Waals surface area (Å²) in [6, 6.07) is 2.22. The SMILES string of the molecule is COCCNc1nc(S(C)(=O)=O)ccc1[N+](=O)[O-]. The number of ether oxygens (including phenoxy) is 1. The van der Waals surface area contributed by atoms with Gasteiger partial charge in [-0.3, -0.25) is 10.1 Å². The molecule has 1 N–H and O–H groups in total. The van der Waals surface area contributed by atoms with Crippen molar-refractivity contribution >= 4 is 21.3 Å². The molecule has 0 aliphatic heterocycles. The number of rotatable bonds is 6. The van der Waals surface area contributed by atoms with Gasteiger partial charge in [-0.25, -0.2) is 13.4 Å². The van der Waals surface area contributed by atoms with E-state index < -0.39 is 14.8 Å². The van der Waals surface area contributed by atoms with Crippen LogP contribution < -0.4 is 5.32 Å². The first-order valence-corrected chi connectivity index (χ1v) is 6.83. The number of hydrogen-bond donors (Lipinski definition) is 1. The highest BCUT2D eigenvalue weighted by atomic mass is 32.2. The second-order valence-electron chi connectivity index (χ2n) is 3.47. The Morgan fingerprint density at radius 3 is 2.67 bits per heavy atom. The predicted molar refractivity (Wildman–Crippen MR) is 64.4 cm³/mol. The first kappa shape index (κ1) is 14.3. The Kier molecular flexibility index (Phi) is 4.56. The summed E-state index contributed by atoms with van der Waals surface area (Å²) in [7, 11) is -2.02. The topological polar surface area (TPSA) is 111 Å². The van der Waals surface area contributed by atoms with Gasteiger partial charge in [0.2, 0.25) is 5.82 Å². The van der Waals surface area contributed by atoms with Gasteiger partial charge in [0.25, 0.3) is 0 Å². The van der Waals surface area contributed by atoms with E-state index in [9.17, 15) is 18.5 Å². The minimum absolute atomic E-state index is 0.0834. The molecule has 1 aromatic heterocycles. The molecule has 0 radical (unpaired) electrons. The molecule has 1 heterocycles. The molecule has 0 unspecified atom stereocenters. The third-order valence-corrected chi connectivity index (χ3v) is 3.01. The first-order valence-electron chi connectivity index (χ1n) is 4.94. The number of hydrogen-bond acceptors (Lipinski definition) is 7. The summed E-state index contributed by atoms with van der Waals surface area (Å²) in [5.41, 5.74) is -0.279. The average molecular weight is 275 g/mol. The van der Waals surface area contributed by atoms with Crippen molar-refractivity contribution in [2.75, 3.05) is 31.8 Å². The van der Waals surface area contributed by atoms with Crippen LogP contribution in [-0.4, -0.2) is 44.8 Å². The van der Waals surface area contributed by atoms with Crippen LogP contribution in [0.2, 0.25) is 0 Å². The molecule has 0 aromatic carbocycles. The van der Waals surface area contributed by atoms with Crippen molar-refractivity contribution in [3.63, 3.8) is 0 Å². The van der Waals surface area contributed by atoms with Crippen LogP contribution in [0, 0.1) is 10.1 Å². The summed E-state index contributed by atoms with van der Waals surface area (Å²) >= 11 is 0. The maximum Gasteiger partial charge on any atom is 0.311 e. The zero-order valence-corrected chi connectivity index (χ0v) is 10.7. The van der Waals surface area contributed by atoms with Gasteiger partial charge in [-0.15, -0.1) is 0 Å². The number of nitrogens with zero attached hydrogens (tertiary/aromatic N) is 2. The number of sulfone groups is 1. The lowest BCUT2D eigenvalue weighted by molar-refractivity contribution is -0.384. The van der Waals surface area contributed by atoms with Gasteiger partial charge >= 0.3 is 5.69 Å². The summed E-state index contributed by atoms with van der Waals surface area (Å²) < 4.78 is 27.4. The lowest BCUT2D eigenvalue weighted by atomic mass is 10.4. The second kappa shape index (κ2) is 5.74. The Labute approximate surface area is 104 Å². The van der Waals surface area contributed by atoms with E-state index in [0.29, 0.717) is 6.61 Å². The molecule has 0 amide bonds.